The first-order chi connectivity index (χ1) is 18.1. The van der Waals surface area contributed by atoms with Gasteiger partial charge < -0.3 is 19.9 Å². The Kier molecular flexibility index (Phi) is 9.95. The largest absolute Gasteiger partial charge is 0.496 e. The van der Waals surface area contributed by atoms with Gasteiger partial charge in [0.15, 0.2) is 11.8 Å². The molecule has 2 aromatic carbocycles. The number of nitrogens with two attached hydrogens (primary N) is 1. The smallest absolute Gasteiger partial charge is 0.439 e. The van der Waals surface area contributed by atoms with Gasteiger partial charge in [-0.05, 0) is 72.7 Å². The molecular weight excluding hydrogens is 506 g/mol. The van der Waals surface area contributed by atoms with E-state index in [0.717, 1.165) is 23.1 Å². The van der Waals surface area contributed by atoms with Gasteiger partial charge in [-0.2, -0.15) is 0 Å². The van der Waals surface area contributed by atoms with Crippen molar-refractivity contribution in [1.29, 1.82) is 0 Å². The highest BCUT2D eigenvalue weighted by Crippen LogP contribution is 2.27. The number of amides is 3. The Hall–Kier alpha value is -4.25. The number of ether oxygens (including phenoxy) is 3. The molecule has 0 bridgehead atoms. The van der Waals surface area contributed by atoms with Crippen molar-refractivity contribution in [3.63, 3.8) is 0 Å². The molecule has 0 radical (unpaired) electrons. The summed E-state index contributed by atoms with van der Waals surface area (Å²) in [5.41, 5.74) is 6.70. The zero-order valence-electron chi connectivity index (χ0n) is 23.5. The summed E-state index contributed by atoms with van der Waals surface area (Å²) in [5, 5.41) is 1.56. The van der Waals surface area contributed by atoms with Crippen LogP contribution in [-0.2, 0) is 19.1 Å². The first-order valence-corrected chi connectivity index (χ1v) is 12.1. The fourth-order valence-corrected chi connectivity index (χ4v) is 3.81. The van der Waals surface area contributed by atoms with Gasteiger partial charge >= 0.3 is 12.1 Å². The van der Waals surface area contributed by atoms with E-state index in [1.165, 1.54) is 13.2 Å². The van der Waals surface area contributed by atoms with E-state index in [2.05, 4.69) is 0 Å². The Balaban J connectivity index is 2.58. The predicted octanol–water partition coefficient (Wildman–Crippen LogP) is 3.47. The van der Waals surface area contributed by atoms with E-state index < -0.39 is 48.0 Å². The van der Waals surface area contributed by atoms with Crippen molar-refractivity contribution >= 4 is 29.7 Å². The third-order valence-corrected chi connectivity index (χ3v) is 5.67. The summed E-state index contributed by atoms with van der Waals surface area (Å²) in [7, 11) is 1.44. The van der Waals surface area contributed by atoms with Crippen LogP contribution in [0.4, 0.5) is 4.79 Å². The SMILES string of the molecule is COc1cccc(C(=O)N(C(=O)OCOC(=O)C(N)C(C)=O)N(C(=O)c2cc(C)cc(C)c2)C(C)(C)C)c1C. The molecule has 210 valence electrons. The van der Waals surface area contributed by atoms with Crippen molar-refractivity contribution in [3.05, 3.63) is 64.2 Å². The number of benzene rings is 2. The highest BCUT2D eigenvalue weighted by molar-refractivity contribution is 6.07. The lowest BCUT2D eigenvalue weighted by Gasteiger charge is -2.41. The Morgan fingerprint density at radius 2 is 1.51 bits per heavy atom. The second-order valence-corrected chi connectivity index (χ2v) is 9.99. The van der Waals surface area contributed by atoms with Gasteiger partial charge in [-0.25, -0.2) is 14.6 Å². The molecule has 11 heteroatoms. The van der Waals surface area contributed by atoms with Crippen molar-refractivity contribution in [2.24, 2.45) is 5.73 Å². The molecule has 0 aromatic heterocycles. The molecule has 1 atom stereocenters. The van der Waals surface area contributed by atoms with Crippen LogP contribution in [0.2, 0.25) is 0 Å². The Morgan fingerprint density at radius 3 is 2.03 bits per heavy atom. The number of nitrogens with zero attached hydrogens (tertiary/aromatic N) is 2. The normalized spacial score (nSPS) is 11.7. The van der Waals surface area contributed by atoms with Gasteiger partial charge in [0.05, 0.1) is 12.6 Å². The number of hydrogen-bond acceptors (Lipinski definition) is 9. The van der Waals surface area contributed by atoms with Crippen LogP contribution in [0.1, 0.15) is 65.1 Å². The summed E-state index contributed by atoms with van der Waals surface area (Å²) in [5.74, 6) is -2.89. The number of carbonyl (C=O) groups is 5. The maximum Gasteiger partial charge on any atom is 0.439 e. The van der Waals surface area contributed by atoms with E-state index in [9.17, 15) is 24.0 Å². The van der Waals surface area contributed by atoms with Crippen molar-refractivity contribution < 1.29 is 38.2 Å². The molecule has 11 nitrogen and oxygen atoms in total. The number of imide groups is 1. The number of aryl methyl sites for hydroxylation is 2. The summed E-state index contributed by atoms with van der Waals surface area (Å²) in [6.07, 6.45) is -1.29. The first kappa shape index (κ1) is 31.0. The lowest BCUT2D eigenvalue weighted by Crippen LogP contribution is -2.60. The minimum atomic E-state index is -1.56. The second kappa shape index (κ2) is 12.5. The molecule has 2 aromatic rings. The van der Waals surface area contributed by atoms with Crippen LogP contribution in [0.15, 0.2) is 36.4 Å². The molecule has 3 amide bonds. The van der Waals surface area contributed by atoms with Crippen molar-refractivity contribution in [1.82, 2.24) is 10.0 Å². The zero-order valence-corrected chi connectivity index (χ0v) is 23.5. The van der Waals surface area contributed by atoms with Gasteiger partial charge in [0.1, 0.15) is 5.75 Å². The maximum atomic E-state index is 13.9. The highest BCUT2D eigenvalue weighted by atomic mass is 16.7. The predicted molar refractivity (Wildman–Crippen MR) is 142 cm³/mol. The molecule has 0 spiro atoms. The quantitative estimate of drug-likeness (QED) is 0.241. The minimum Gasteiger partial charge on any atom is -0.496 e. The second-order valence-electron chi connectivity index (χ2n) is 9.99. The number of Topliss-reactive ketones (excluding diaryl/α,β-unsaturated/α-hetero) is 1. The molecule has 0 saturated heterocycles. The number of hydrogen-bond donors (Lipinski definition) is 1. The van der Waals surface area contributed by atoms with Crippen LogP contribution >= 0.6 is 0 Å². The number of rotatable bonds is 7. The molecule has 0 saturated carbocycles. The third-order valence-electron chi connectivity index (χ3n) is 5.67. The van der Waals surface area contributed by atoms with E-state index in [1.807, 2.05) is 19.9 Å². The Morgan fingerprint density at radius 1 is 0.923 bits per heavy atom. The van der Waals surface area contributed by atoms with E-state index in [-0.39, 0.29) is 11.1 Å². The van der Waals surface area contributed by atoms with Gasteiger partial charge in [-0.3, -0.25) is 14.4 Å². The highest BCUT2D eigenvalue weighted by Gasteiger charge is 2.41. The molecule has 39 heavy (non-hydrogen) atoms. The maximum absolute atomic E-state index is 13.9. The van der Waals surface area contributed by atoms with Gasteiger partial charge in [-0.15, -0.1) is 5.01 Å². The third kappa shape index (κ3) is 7.41. The molecule has 0 aliphatic carbocycles. The summed E-state index contributed by atoms with van der Waals surface area (Å²) in [6, 6.07) is 8.31. The van der Waals surface area contributed by atoms with Crippen LogP contribution in [0.3, 0.4) is 0 Å². The van der Waals surface area contributed by atoms with Crippen molar-refractivity contribution in [2.45, 2.75) is 60.0 Å². The number of hydrazine groups is 1. The van der Waals surface area contributed by atoms with Gasteiger partial charge in [0, 0.05) is 16.7 Å². The Bertz CT molecular complexity index is 1260. The molecule has 2 rings (SSSR count). The monoisotopic (exact) mass is 541 g/mol. The van der Waals surface area contributed by atoms with Gasteiger partial charge in [0.25, 0.3) is 11.8 Å². The minimum absolute atomic E-state index is 0.0735. The molecule has 0 heterocycles. The van der Waals surface area contributed by atoms with Gasteiger partial charge in [-0.1, -0.05) is 23.3 Å². The van der Waals surface area contributed by atoms with E-state index in [4.69, 9.17) is 19.9 Å². The van der Waals surface area contributed by atoms with Gasteiger partial charge in [0.2, 0.25) is 6.79 Å². The molecule has 2 N–H and O–H groups in total. The topological polar surface area (TPSA) is 146 Å². The van der Waals surface area contributed by atoms with Crippen LogP contribution < -0.4 is 10.5 Å². The van der Waals surface area contributed by atoms with E-state index in [0.29, 0.717) is 16.3 Å². The molecular formula is C28H35N3O8. The number of methoxy groups -OCH3 is 1. The fourth-order valence-electron chi connectivity index (χ4n) is 3.81. The number of carbonyl (C=O) groups excluding carboxylic acids is 5. The lowest BCUT2D eigenvalue weighted by atomic mass is 10.0. The number of ketones is 1. The van der Waals surface area contributed by atoms with Crippen molar-refractivity contribution in [2.75, 3.05) is 13.9 Å². The van der Waals surface area contributed by atoms with Crippen LogP contribution in [0.25, 0.3) is 0 Å². The van der Waals surface area contributed by atoms with Crippen LogP contribution in [-0.4, -0.2) is 65.2 Å². The molecule has 0 aliphatic rings. The van der Waals surface area contributed by atoms with Crippen LogP contribution in [0, 0.1) is 20.8 Å². The average Bonchev–Trinajstić information content (AvgIpc) is 2.84. The van der Waals surface area contributed by atoms with E-state index in [1.54, 1.807) is 52.0 Å². The number of esters is 1. The average molecular weight is 542 g/mol. The summed E-state index contributed by atoms with van der Waals surface area (Å²) in [4.78, 5) is 64.5. The summed E-state index contributed by atoms with van der Waals surface area (Å²) in [6.45, 7) is 10.4. The van der Waals surface area contributed by atoms with E-state index >= 15 is 0 Å². The zero-order chi connectivity index (χ0) is 29.7. The molecule has 1 unspecified atom stereocenters. The lowest BCUT2D eigenvalue weighted by molar-refractivity contribution is -0.156. The standard InChI is InChI=1S/C28H35N3O8/c1-16-12-17(2)14-20(13-16)24(33)31(28(5,6)7)30(25(34)21-10-9-11-22(37-8)18(21)3)27(36)39-15-38-26(35)23(29)19(4)32/h9-14,23H,15,29H2,1-8H3. The summed E-state index contributed by atoms with van der Waals surface area (Å²) < 4.78 is 15.2. The van der Waals surface area contributed by atoms with Crippen LogP contribution in [0.5, 0.6) is 5.75 Å². The fraction of sp³-hybridized carbons (Fsp3) is 0.393. The molecule has 0 aliphatic heterocycles. The summed E-state index contributed by atoms with van der Waals surface area (Å²) >= 11 is 0. The first-order valence-electron chi connectivity index (χ1n) is 12.1. The van der Waals surface area contributed by atoms with Crippen molar-refractivity contribution in [3.8, 4) is 5.75 Å². The molecule has 0 fully saturated rings. The Labute approximate surface area is 227 Å².